The summed E-state index contributed by atoms with van der Waals surface area (Å²) in [4.78, 5) is 53.5. The molecule has 1 fully saturated rings. The number of hydrogen-bond acceptors (Lipinski definition) is 7. The molecule has 0 spiro atoms. The molecular formula is C26H34N4O6. The minimum absolute atomic E-state index is 0.0881. The number of nitrogens with zero attached hydrogens (tertiary/aromatic N) is 2. The number of carbonyl (C=O) groups excluding carboxylic acids is 4. The molecule has 1 atom stereocenters. The highest BCUT2D eigenvalue weighted by atomic mass is 16.5. The molecule has 1 aliphatic heterocycles. The van der Waals surface area contributed by atoms with Gasteiger partial charge in [0.25, 0.3) is 11.8 Å². The van der Waals surface area contributed by atoms with Gasteiger partial charge in [-0.25, -0.2) is 4.79 Å². The van der Waals surface area contributed by atoms with Crippen molar-refractivity contribution in [3.05, 3.63) is 53.5 Å². The summed E-state index contributed by atoms with van der Waals surface area (Å²) in [5.41, 5.74) is 2.85. The van der Waals surface area contributed by atoms with Crippen molar-refractivity contribution in [1.82, 2.24) is 15.1 Å². The number of amides is 3. The maximum absolute atomic E-state index is 12.6. The molecular weight excluding hydrogens is 464 g/mol. The number of aryl methyl sites for hydroxylation is 2. The summed E-state index contributed by atoms with van der Waals surface area (Å²) in [6.07, 6.45) is 1.37. The van der Waals surface area contributed by atoms with Crippen LogP contribution in [-0.4, -0.2) is 78.9 Å². The molecule has 0 unspecified atom stereocenters. The Morgan fingerprint density at radius 2 is 1.67 bits per heavy atom. The molecule has 10 heteroatoms. The third-order valence-electron chi connectivity index (χ3n) is 6.13. The van der Waals surface area contributed by atoms with E-state index in [0.29, 0.717) is 26.2 Å². The predicted octanol–water partition coefficient (Wildman–Crippen LogP) is 1.98. The zero-order chi connectivity index (χ0) is 26.2. The first-order valence-corrected chi connectivity index (χ1v) is 12.0. The summed E-state index contributed by atoms with van der Waals surface area (Å²) < 4.78 is 10.3. The Kier molecular flexibility index (Phi) is 9.24. The van der Waals surface area contributed by atoms with Crippen LogP contribution >= 0.6 is 0 Å². The lowest BCUT2D eigenvalue weighted by atomic mass is 10.0. The van der Waals surface area contributed by atoms with E-state index in [2.05, 4.69) is 10.6 Å². The number of esters is 1. The summed E-state index contributed by atoms with van der Waals surface area (Å²) in [7, 11) is 0. The van der Waals surface area contributed by atoms with Gasteiger partial charge in [-0.15, -0.1) is 0 Å². The molecule has 194 valence electrons. The summed E-state index contributed by atoms with van der Waals surface area (Å²) >= 11 is 0. The molecule has 36 heavy (non-hydrogen) atoms. The second kappa shape index (κ2) is 12.3. The van der Waals surface area contributed by atoms with Crippen LogP contribution in [0.15, 0.2) is 41.0 Å². The summed E-state index contributed by atoms with van der Waals surface area (Å²) in [6, 6.07) is 8.02. The summed E-state index contributed by atoms with van der Waals surface area (Å²) in [6.45, 7) is 9.19. The molecule has 1 aromatic carbocycles. The van der Waals surface area contributed by atoms with E-state index in [1.807, 2.05) is 36.9 Å². The fourth-order valence-electron chi connectivity index (χ4n) is 3.98. The van der Waals surface area contributed by atoms with E-state index in [1.54, 1.807) is 24.8 Å². The molecule has 2 heterocycles. The lowest BCUT2D eigenvalue weighted by Crippen LogP contribution is -2.52. The van der Waals surface area contributed by atoms with Crippen molar-refractivity contribution in [2.24, 2.45) is 5.92 Å². The molecule has 3 rings (SSSR count). The van der Waals surface area contributed by atoms with Crippen LogP contribution < -0.4 is 10.6 Å². The van der Waals surface area contributed by atoms with E-state index in [0.717, 1.165) is 16.8 Å². The standard InChI is InChI=1S/C26H34N4O6/c1-17(2)23(28-25(33)20-9-6-14-35-20)26(34)36-16-22(32)30-12-10-29(11-13-30)15-21(31)27-24-18(3)7-5-8-19(24)4/h5-9,14,17,23H,10-13,15-16H2,1-4H3,(H,27,31)(H,28,33)/t23-/m0/s1. The second-order valence-corrected chi connectivity index (χ2v) is 9.25. The zero-order valence-electron chi connectivity index (χ0n) is 21.2. The molecule has 1 aliphatic rings. The monoisotopic (exact) mass is 498 g/mol. The highest BCUT2D eigenvalue weighted by Crippen LogP contribution is 2.19. The number of rotatable bonds is 9. The average molecular weight is 499 g/mol. The SMILES string of the molecule is Cc1cccc(C)c1NC(=O)CN1CCN(C(=O)COC(=O)[C@@H](NC(=O)c2ccco2)C(C)C)CC1. The van der Waals surface area contributed by atoms with Crippen LogP contribution in [0.4, 0.5) is 5.69 Å². The first-order valence-electron chi connectivity index (χ1n) is 12.0. The Bertz CT molecular complexity index is 1050. The number of carbonyl (C=O) groups is 4. The zero-order valence-corrected chi connectivity index (χ0v) is 21.2. The van der Waals surface area contributed by atoms with Crippen molar-refractivity contribution < 1.29 is 28.3 Å². The summed E-state index contributed by atoms with van der Waals surface area (Å²) in [5, 5.41) is 5.57. The minimum Gasteiger partial charge on any atom is -0.459 e. The van der Waals surface area contributed by atoms with Crippen molar-refractivity contribution in [3.8, 4) is 0 Å². The van der Waals surface area contributed by atoms with Crippen LogP contribution in [0.3, 0.4) is 0 Å². The Balaban J connectivity index is 1.42. The van der Waals surface area contributed by atoms with Gasteiger partial charge < -0.3 is 24.7 Å². The average Bonchev–Trinajstić information content (AvgIpc) is 3.38. The highest BCUT2D eigenvalue weighted by molar-refractivity contribution is 5.95. The van der Waals surface area contributed by atoms with Crippen LogP contribution in [-0.2, 0) is 19.1 Å². The van der Waals surface area contributed by atoms with Crippen LogP contribution in [0, 0.1) is 19.8 Å². The van der Waals surface area contributed by atoms with Crippen LogP contribution in [0.5, 0.6) is 0 Å². The number of nitrogens with one attached hydrogen (secondary N) is 2. The van der Waals surface area contributed by atoms with Gasteiger partial charge in [0.1, 0.15) is 6.04 Å². The lowest BCUT2D eigenvalue weighted by Gasteiger charge is -2.34. The van der Waals surface area contributed by atoms with Gasteiger partial charge in [0.15, 0.2) is 12.4 Å². The van der Waals surface area contributed by atoms with Crippen molar-refractivity contribution >= 4 is 29.4 Å². The van der Waals surface area contributed by atoms with Gasteiger partial charge in [-0.2, -0.15) is 0 Å². The molecule has 0 saturated carbocycles. The molecule has 2 N–H and O–H groups in total. The molecule has 0 bridgehead atoms. The van der Waals surface area contributed by atoms with Crippen LogP contribution in [0.1, 0.15) is 35.5 Å². The van der Waals surface area contributed by atoms with Crippen molar-refractivity contribution in [2.75, 3.05) is 44.6 Å². The number of para-hydroxylation sites is 1. The summed E-state index contributed by atoms with van der Waals surface area (Å²) in [5.74, 6) is -1.78. The first kappa shape index (κ1) is 26.9. The van der Waals surface area contributed by atoms with Crippen molar-refractivity contribution in [3.63, 3.8) is 0 Å². The van der Waals surface area contributed by atoms with Gasteiger partial charge >= 0.3 is 5.97 Å². The van der Waals surface area contributed by atoms with Gasteiger partial charge in [0, 0.05) is 31.9 Å². The molecule has 2 aromatic rings. The van der Waals surface area contributed by atoms with Crippen molar-refractivity contribution in [2.45, 2.75) is 33.7 Å². The lowest BCUT2D eigenvalue weighted by molar-refractivity contribution is -0.155. The largest absolute Gasteiger partial charge is 0.459 e. The Morgan fingerprint density at radius 3 is 2.25 bits per heavy atom. The quantitative estimate of drug-likeness (QED) is 0.507. The smallest absolute Gasteiger partial charge is 0.329 e. The van der Waals surface area contributed by atoms with E-state index in [1.165, 1.54) is 12.3 Å². The van der Waals surface area contributed by atoms with Gasteiger partial charge in [-0.05, 0) is 43.0 Å². The normalized spacial score (nSPS) is 14.9. The third-order valence-corrected chi connectivity index (χ3v) is 6.13. The van der Waals surface area contributed by atoms with Gasteiger partial charge in [0.2, 0.25) is 5.91 Å². The Morgan fingerprint density at radius 1 is 1.00 bits per heavy atom. The number of anilines is 1. The van der Waals surface area contributed by atoms with E-state index < -0.39 is 24.5 Å². The number of ether oxygens (including phenoxy) is 1. The second-order valence-electron chi connectivity index (χ2n) is 9.25. The third kappa shape index (κ3) is 7.17. The van der Waals surface area contributed by atoms with E-state index in [-0.39, 0.29) is 30.0 Å². The molecule has 10 nitrogen and oxygen atoms in total. The molecule has 1 saturated heterocycles. The van der Waals surface area contributed by atoms with E-state index in [4.69, 9.17) is 9.15 Å². The number of benzene rings is 1. The van der Waals surface area contributed by atoms with Gasteiger partial charge in [-0.1, -0.05) is 32.0 Å². The van der Waals surface area contributed by atoms with E-state index >= 15 is 0 Å². The predicted molar refractivity (Wildman–Crippen MR) is 133 cm³/mol. The van der Waals surface area contributed by atoms with Crippen LogP contribution in [0.2, 0.25) is 0 Å². The molecule has 1 aromatic heterocycles. The van der Waals surface area contributed by atoms with E-state index in [9.17, 15) is 19.2 Å². The number of hydrogen-bond donors (Lipinski definition) is 2. The fourth-order valence-corrected chi connectivity index (χ4v) is 3.98. The Hall–Kier alpha value is -3.66. The molecule has 0 aliphatic carbocycles. The maximum atomic E-state index is 12.6. The number of furan rings is 1. The first-order chi connectivity index (χ1) is 17.2. The van der Waals surface area contributed by atoms with Gasteiger partial charge in [0.05, 0.1) is 12.8 Å². The number of piperazine rings is 1. The van der Waals surface area contributed by atoms with Crippen LogP contribution in [0.25, 0.3) is 0 Å². The Labute approximate surface area is 210 Å². The highest BCUT2D eigenvalue weighted by Gasteiger charge is 2.29. The topological polar surface area (TPSA) is 121 Å². The maximum Gasteiger partial charge on any atom is 0.329 e. The van der Waals surface area contributed by atoms with Crippen molar-refractivity contribution in [1.29, 1.82) is 0 Å². The van der Waals surface area contributed by atoms with Gasteiger partial charge in [-0.3, -0.25) is 19.3 Å². The molecule has 0 radical (unpaired) electrons. The minimum atomic E-state index is -0.914. The molecule has 3 amide bonds. The fraction of sp³-hybridized carbons (Fsp3) is 0.462.